The van der Waals surface area contributed by atoms with Gasteiger partial charge < -0.3 is 15.0 Å². The summed E-state index contributed by atoms with van der Waals surface area (Å²) in [5, 5.41) is 2.79. The fourth-order valence-corrected chi connectivity index (χ4v) is 8.43. The number of allylic oxidation sites excluding steroid dienone is 3. The first-order valence-corrected chi connectivity index (χ1v) is 17.7. The minimum atomic E-state index is -0.499. The first-order chi connectivity index (χ1) is 23.2. The van der Waals surface area contributed by atoms with Gasteiger partial charge in [0.2, 0.25) is 5.91 Å². The molecule has 1 aliphatic carbocycles. The lowest BCUT2D eigenvalue weighted by atomic mass is 9.78. The largest absolute Gasteiger partial charge is 0.461 e. The predicted molar refractivity (Wildman–Crippen MR) is 193 cm³/mol. The molecule has 1 N–H and O–H groups in total. The summed E-state index contributed by atoms with van der Waals surface area (Å²) >= 11 is 0. The van der Waals surface area contributed by atoms with Crippen LogP contribution in [0.25, 0.3) is 17.6 Å². The molecule has 4 aliphatic rings. The number of carbonyl (C=O) groups is 1. The molecule has 0 radical (unpaired) electrons. The van der Waals surface area contributed by atoms with Gasteiger partial charge in [-0.1, -0.05) is 56.4 Å². The van der Waals surface area contributed by atoms with Gasteiger partial charge >= 0.3 is 6.01 Å². The Morgan fingerprint density at radius 1 is 1.15 bits per heavy atom. The third-order valence-corrected chi connectivity index (χ3v) is 10.8. The lowest BCUT2D eigenvalue weighted by Crippen LogP contribution is -2.45. The second-order valence-corrected chi connectivity index (χ2v) is 14.4. The maximum absolute atomic E-state index is 17.4. The quantitative estimate of drug-likeness (QED) is 0.223. The van der Waals surface area contributed by atoms with Gasteiger partial charge in [-0.15, -0.1) is 0 Å². The van der Waals surface area contributed by atoms with E-state index in [4.69, 9.17) is 14.7 Å². The lowest BCUT2D eigenvalue weighted by molar-refractivity contribution is -0.122. The van der Waals surface area contributed by atoms with E-state index in [0.29, 0.717) is 31.0 Å². The summed E-state index contributed by atoms with van der Waals surface area (Å²) < 4.78 is 23.9. The summed E-state index contributed by atoms with van der Waals surface area (Å²) in [5.74, 6) is 0.250. The molecular weight excluding hydrogens is 603 g/mol. The van der Waals surface area contributed by atoms with Crippen LogP contribution in [-0.4, -0.2) is 72.4 Å². The highest BCUT2D eigenvalue weighted by Crippen LogP contribution is 2.42. The zero-order valence-electron chi connectivity index (χ0n) is 29.3. The lowest BCUT2D eigenvalue weighted by Gasteiger charge is -2.41. The molecule has 3 saturated heterocycles. The van der Waals surface area contributed by atoms with Crippen LogP contribution in [0.4, 0.5) is 10.2 Å². The topological polar surface area (TPSA) is 83.0 Å². The number of benzene rings is 1. The number of nitrogens with one attached hydrogen (secondary N) is 1. The van der Waals surface area contributed by atoms with Crippen LogP contribution in [0.1, 0.15) is 106 Å². The Hall–Kier alpha value is -3.85. The van der Waals surface area contributed by atoms with Crippen molar-refractivity contribution in [2.45, 2.75) is 90.5 Å². The fraction of sp³-hybridized carbons (Fsp3) is 0.538. The first-order valence-electron chi connectivity index (χ1n) is 17.7. The van der Waals surface area contributed by atoms with E-state index in [9.17, 15) is 4.79 Å². The highest BCUT2D eigenvalue weighted by atomic mass is 19.1. The maximum atomic E-state index is 17.4. The van der Waals surface area contributed by atoms with Gasteiger partial charge in [0, 0.05) is 49.8 Å². The number of aliphatic imine (C=N–C) groups is 1. The summed E-state index contributed by atoms with van der Waals surface area (Å²) in [6.45, 7) is 12.0. The Morgan fingerprint density at radius 3 is 2.67 bits per heavy atom. The minimum Gasteiger partial charge on any atom is -0.461 e. The Bertz CT molecular complexity index is 1640. The van der Waals surface area contributed by atoms with Gasteiger partial charge in [0.1, 0.15) is 23.8 Å². The summed E-state index contributed by atoms with van der Waals surface area (Å²) in [6.07, 6.45) is 17.8. The van der Waals surface area contributed by atoms with E-state index in [1.54, 1.807) is 13.3 Å². The third kappa shape index (κ3) is 6.84. The molecule has 48 heavy (non-hydrogen) atoms. The normalized spacial score (nSPS) is 25.5. The van der Waals surface area contributed by atoms with Crippen molar-refractivity contribution in [3.8, 4) is 6.01 Å². The molecule has 8 nitrogen and oxygen atoms in total. The number of hydrogen-bond donors (Lipinski definition) is 1. The number of ether oxygens (including phenoxy) is 1. The molecular formula is C39H51FN6O2. The molecule has 2 unspecified atom stereocenters. The number of aromatic nitrogens is 2. The number of fused-ring (bicyclic) bond motifs is 2. The summed E-state index contributed by atoms with van der Waals surface area (Å²) in [4.78, 5) is 31.7. The van der Waals surface area contributed by atoms with Gasteiger partial charge in [0.05, 0.1) is 5.54 Å². The molecule has 1 aromatic carbocycles. The van der Waals surface area contributed by atoms with Gasteiger partial charge in [0.15, 0.2) is 5.83 Å². The summed E-state index contributed by atoms with van der Waals surface area (Å²) in [7, 11) is 1.68. The molecule has 2 atom stereocenters. The number of rotatable bonds is 9. The molecule has 256 valence electrons. The van der Waals surface area contributed by atoms with Crippen molar-refractivity contribution in [3.63, 3.8) is 0 Å². The van der Waals surface area contributed by atoms with Gasteiger partial charge in [-0.25, -0.2) is 4.39 Å². The van der Waals surface area contributed by atoms with Gasteiger partial charge in [-0.2, -0.15) is 9.97 Å². The zero-order chi connectivity index (χ0) is 33.9. The summed E-state index contributed by atoms with van der Waals surface area (Å²) in [6, 6.07) is 6.20. The average molecular weight is 655 g/mol. The number of carbonyl (C=O) groups excluding carboxylic acids is 1. The Balaban J connectivity index is 1.46. The van der Waals surface area contributed by atoms with Crippen LogP contribution < -0.4 is 15.0 Å². The van der Waals surface area contributed by atoms with Gasteiger partial charge in [0.25, 0.3) is 0 Å². The standard InChI is InChI=1S/C39H51FN6O2/c1-6-42-35(30-17-10-16-29-15-9-7-8-14-27(2)32(29)30)33(40)34-28(3)36(45-21-11-18-38(4,25-45)24-31(47)41-5)44-37(43-34)48-26-39-19-12-22-46(39)23-13-20-39/h6,8-10,14-17,27H,7,11-13,18-26H2,1-5H3,(H,41,47)/b14-8+,15-9-,35-33+,42-6-. The van der Waals surface area contributed by atoms with Crippen LogP contribution in [0.2, 0.25) is 0 Å². The molecule has 0 spiro atoms. The number of nitrogens with zero attached hydrogens (tertiary/aromatic N) is 5. The van der Waals surface area contributed by atoms with Crippen molar-refractivity contribution >= 4 is 35.5 Å². The molecule has 0 bridgehead atoms. The van der Waals surface area contributed by atoms with Crippen molar-refractivity contribution in [1.82, 2.24) is 20.2 Å². The molecule has 9 heteroatoms. The number of hydrogen-bond acceptors (Lipinski definition) is 7. The molecule has 4 heterocycles. The Labute approximate surface area is 285 Å². The molecule has 1 amide bonds. The predicted octanol–water partition coefficient (Wildman–Crippen LogP) is 7.50. The molecule has 1 aromatic heterocycles. The van der Waals surface area contributed by atoms with E-state index < -0.39 is 5.83 Å². The van der Waals surface area contributed by atoms with Crippen molar-refractivity contribution in [1.29, 1.82) is 0 Å². The second-order valence-electron chi connectivity index (χ2n) is 14.4. The van der Waals surface area contributed by atoms with Crippen LogP contribution in [0.3, 0.4) is 0 Å². The summed E-state index contributed by atoms with van der Waals surface area (Å²) in [5.41, 5.74) is 3.68. The van der Waals surface area contributed by atoms with Crippen molar-refractivity contribution in [3.05, 3.63) is 64.4 Å². The van der Waals surface area contributed by atoms with Crippen LogP contribution >= 0.6 is 0 Å². The van der Waals surface area contributed by atoms with Crippen molar-refractivity contribution in [2.24, 2.45) is 10.4 Å². The van der Waals surface area contributed by atoms with Crippen molar-refractivity contribution < 1.29 is 13.9 Å². The van der Waals surface area contributed by atoms with E-state index in [-0.39, 0.29) is 40.2 Å². The highest BCUT2D eigenvalue weighted by molar-refractivity contribution is 5.92. The van der Waals surface area contributed by atoms with E-state index >= 15 is 4.39 Å². The minimum absolute atomic E-state index is 0.00463. The van der Waals surface area contributed by atoms with Crippen LogP contribution in [0.15, 0.2) is 41.4 Å². The number of piperidine rings is 1. The monoisotopic (exact) mass is 654 g/mol. The number of halogens is 1. The maximum Gasteiger partial charge on any atom is 0.319 e. The zero-order valence-corrected chi connectivity index (χ0v) is 29.3. The average Bonchev–Trinajstić information content (AvgIpc) is 3.65. The number of anilines is 1. The third-order valence-electron chi connectivity index (χ3n) is 10.8. The SMILES string of the molecule is C/C=N\C(=C(\F)c1nc(OCC23CCCN2CCC3)nc(N2CCCC(C)(CC(=O)NC)C2)c1C)c1cccc2c1C(C)/C=C/C/C=C\2. The molecule has 3 aliphatic heterocycles. The van der Waals surface area contributed by atoms with Gasteiger partial charge in [-0.3, -0.25) is 14.7 Å². The Kier molecular flexibility index (Phi) is 10.2. The first kappa shape index (κ1) is 34.0. The van der Waals surface area contributed by atoms with E-state index in [0.717, 1.165) is 81.3 Å². The molecule has 0 saturated carbocycles. The molecule has 3 fully saturated rings. The smallest absolute Gasteiger partial charge is 0.319 e. The Morgan fingerprint density at radius 2 is 1.92 bits per heavy atom. The van der Waals surface area contributed by atoms with Crippen LogP contribution in [-0.2, 0) is 4.79 Å². The molecule has 2 aromatic rings. The molecule has 6 rings (SSSR count). The fourth-order valence-electron chi connectivity index (χ4n) is 8.43. The second kappa shape index (κ2) is 14.3. The highest BCUT2D eigenvalue weighted by Gasteiger charge is 2.45. The van der Waals surface area contributed by atoms with E-state index in [2.05, 4.69) is 64.3 Å². The number of amides is 1. The van der Waals surface area contributed by atoms with E-state index in [1.165, 1.54) is 0 Å². The van der Waals surface area contributed by atoms with Crippen LogP contribution in [0, 0.1) is 12.3 Å². The van der Waals surface area contributed by atoms with E-state index in [1.807, 2.05) is 26.0 Å². The van der Waals surface area contributed by atoms with Crippen molar-refractivity contribution in [2.75, 3.05) is 44.7 Å². The van der Waals surface area contributed by atoms with Crippen LogP contribution in [0.5, 0.6) is 6.01 Å². The van der Waals surface area contributed by atoms with Gasteiger partial charge in [-0.05, 0) is 88.4 Å².